The molecule has 0 saturated carbocycles. The fourth-order valence-corrected chi connectivity index (χ4v) is 1.99. The smallest absolute Gasteiger partial charge is 0.267 e. The number of rotatable bonds is 3. The van der Waals surface area contributed by atoms with Crippen molar-refractivity contribution >= 4 is 35.1 Å². The van der Waals surface area contributed by atoms with Crippen molar-refractivity contribution in [3.8, 4) is 0 Å². The largest absolute Gasteiger partial charge is 0.271 e. The number of hydrogen-bond acceptors (Lipinski definition) is 3. The lowest BCUT2D eigenvalue weighted by Gasteiger charge is -1.99. The van der Waals surface area contributed by atoms with E-state index in [0.29, 0.717) is 10.6 Å². The first-order valence-electron chi connectivity index (χ1n) is 4.88. The molecule has 3 nitrogen and oxygen atoms in total. The third-order valence-electron chi connectivity index (χ3n) is 1.99. The third kappa shape index (κ3) is 3.41. The number of thiophene rings is 1. The number of carbonyl (C=O) groups excluding carboxylic acids is 1. The van der Waals surface area contributed by atoms with Gasteiger partial charge in [-0.15, -0.1) is 11.3 Å². The van der Waals surface area contributed by atoms with Crippen molar-refractivity contribution in [1.29, 1.82) is 0 Å². The summed E-state index contributed by atoms with van der Waals surface area (Å²) in [6.07, 6.45) is 1.60. The first kappa shape index (κ1) is 11.8. The Kier molecular flexibility index (Phi) is 3.90. The molecular formula is C12H9ClN2OS. The predicted molar refractivity (Wildman–Crippen MR) is 70.8 cm³/mol. The summed E-state index contributed by atoms with van der Waals surface area (Å²) in [5.41, 5.74) is 2.93. The number of halogens is 1. The van der Waals surface area contributed by atoms with E-state index in [0.717, 1.165) is 4.88 Å². The van der Waals surface area contributed by atoms with E-state index in [1.54, 1.807) is 41.8 Å². The molecule has 86 valence electrons. The van der Waals surface area contributed by atoms with Gasteiger partial charge in [0, 0.05) is 15.5 Å². The summed E-state index contributed by atoms with van der Waals surface area (Å²) in [6, 6.07) is 10.6. The average Bonchev–Trinajstić information content (AvgIpc) is 2.82. The highest BCUT2D eigenvalue weighted by Gasteiger charge is 2.03. The van der Waals surface area contributed by atoms with Crippen molar-refractivity contribution in [2.24, 2.45) is 5.10 Å². The summed E-state index contributed by atoms with van der Waals surface area (Å²) < 4.78 is 0. The van der Waals surface area contributed by atoms with Crippen LogP contribution in [0.15, 0.2) is 46.9 Å². The molecule has 17 heavy (non-hydrogen) atoms. The van der Waals surface area contributed by atoms with E-state index in [9.17, 15) is 4.79 Å². The van der Waals surface area contributed by atoms with Gasteiger partial charge in [-0.05, 0) is 29.6 Å². The Labute approximate surface area is 108 Å². The van der Waals surface area contributed by atoms with Gasteiger partial charge in [-0.3, -0.25) is 4.79 Å². The fraction of sp³-hybridized carbons (Fsp3) is 0. The number of benzene rings is 1. The molecule has 0 radical (unpaired) electrons. The number of nitrogens with one attached hydrogen (secondary N) is 1. The molecule has 0 spiro atoms. The Hall–Kier alpha value is -1.65. The standard InChI is InChI=1S/C12H9ClN2OS/c13-10-4-1-3-9(7-10)12(16)15-14-8-11-5-2-6-17-11/h1-8H,(H,15,16). The van der Waals surface area contributed by atoms with Crippen LogP contribution in [0.5, 0.6) is 0 Å². The van der Waals surface area contributed by atoms with Crippen LogP contribution in [0, 0.1) is 0 Å². The molecule has 0 atom stereocenters. The molecule has 0 aliphatic carbocycles. The topological polar surface area (TPSA) is 41.5 Å². The highest BCUT2D eigenvalue weighted by Crippen LogP contribution is 2.10. The van der Waals surface area contributed by atoms with Crippen LogP contribution in [0.4, 0.5) is 0 Å². The van der Waals surface area contributed by atoms with Gasteiger partial charge in [0.05, 0.1) is 6.21 Å². The molecule has 0 aliphatic heterocycles. The zero-order valence-electron chi connectivity index (χ0n) is 8.76. The van der Waals surface area contributed by atoms with Gasteiger partial charge in [0.15, 0.2) is 0 Å². The predicted octanol–water partition coefficient (Wildman–Crippen LogP) is 3.17. The van der Waals surface area contributed by atoms with E-state index in [1.165, 1.54) is 0 Å². The molecule has 0 bridgehead atoms. The molecule has 0 unspecified atom stereocenters. The van der Waals surface area contributed by atoms with E-state index in [2.05, 4.69) is 10.5 Å². The second kappa shape index (κ2) is 5.61. The van der Waals surface area contributed by atoms with Crippen molar-refractivity contribution < 1.29 is 4.79 Å². The molecule has 1 aromatic heterocycles. The Morgan fingerprint density at radius 3 is 2.94 bits per heavy atom. The number of hydrogen-bond donors (Lipinski definition) is 1. The van der Waals surface area contributed by atoms with Gasteiger partial charge in [-0.1, -0.05) is 23.7 Å². The van der Waals surface area contributed by atoms with Crippen LogP contribution in [-0.4, -0.2) is 12.1 Å². The SMILES string of the molecule is O=C(NN=Cc1cccs1)c1cccc(Cl)c1. The average molecular weight is 265 g/mol. The summed E-state index contributed by atoms with van der Waals surface area (Å²) in [6.45, 7) is 0. The maximum atomic E-state index is 11.6. The molecule has 0 saturated heterocycles. The Morgan fingerprint density at radius 1 is 1.35 bits per heavy atom. The monoisotopic (exact) mass is 264 g/mol. The quantitative estimate of drug-likeness (QED) is 0.671. The number of carbonyl (C=O) groups is 1. The molecule has 0 aliphatic rings. The normalized spacial score (nSPS) is 10.6. The van der Waals surface area contributed by atoms with Gasteiger partial charge in [-0.25, -0.2) is 5.43 Å². The second-order valence-corrected chi connectivity index (χ2v) is 4.64. The van der Waals surface area contributed by atoms with Gasteiger partial charge in [0.25, 0.3) is 5.91 Å². The Morgan fingerprint density at radius 2 is 2.24 bits per heavy atom. The maximum absolute atomic E-state index is 11.6. The highest BCUT2D eigenvalue weighted by molar-refractivity contribution is 7.11. The Bertz CT molecular complexity index is 537. The van der Waals surface area contributed by atoms with E-state index in [1.807, 2.05) is 17.5 Å². The van der Waals surface area contributed by atoms with Gasteiger partial charge in [0.1, 0.15) is 0 Å². The number of hydrazone groups is 1. The van der Waals surface area contributed by atoms with Gasteiger partial charge in [0.2, 0.25) is 0 Å². The molecule has 1 aromatic carbocycles. The first-order chi connectivity index (χ1) is 8.25. The van der Waals surface area contributed by atoms with Crippen LogP contribution in [0.25, 0.3) is 0 Å². The van der Waals surface area contributed by atoms with E-state index in [4.69, 9.17) is 11.6 Å². The third-order valence-corrected chi connectivity index (χ3v) is 3.03. The summed E-state index contributed by atoms with van der Waals surface area (Å²) in [4.78, 5) is 12.6. The van der Waals surface area contributed by atoms with Crippen molar-refractivity contribution in [1.82, 2.24) is 5.43 Å². The lowest BCUT2D eigenvalue weighted by Crippen LogP contribution is -2.17. The summed E-state index contributed by atoms with van der Waals surface area (Å²) in [7, 11) is 0. The second-order valence-electron chi connectivity index (χ2n) is 3.22. The zero-order chi connectivity index (χ0) is 12.1. The van der Waals surface area contributed by atoms with E-state index in [-0.39, 0.29) is 5.91 Å². The molecule has 5 heteroatoms. The lowest BCUT2D eigenvalue weighted by atomic mass is 10.2. The van der Waals surface area contributed by atoms with Gasteiger partial charge in [-0.2, -0.15) is 5.10 Å². The van der Waals surface area contributed by atoms with Crippen molar-refractivity contribution in [2.45, 2.75) is 0 Å². The molecule has 2 aromatic rings. The van der Waals surface area contributed by atoms with Crippen LogP contribution in [0.1, 0.15) is 15.2 Å². The minimum atomic E-state index is -0.277. The highest BCUT2D eigenvalue weighted by atomic mass is 35.5. The van der Waals surface area contributed by atoms with Crippen LogP contribution in [0.2, 0.25) is 5.02 Å². The maximum Gasteiger partial charge on any atom is 0.271 e. The molecule has 2 rings (SSSR count). The lowest BCUT2D eigenvalue weighted by molar-refractivity contribution is 0.0955. The van der Waals surface area contributed by atoms with Gasteiger partial charge < -0.3 is 0 Å². The molecule has 1 N–H and O–H groups in total. The molecule has 1 amide bonds. The molecule has 0 fully saturated rings. The van der Waals surface area contributed by atoms with Crippen LogP contribution in [-0.2, 0) is 0 Å². The minimum Gasteiger partial charge on any atom is -0.267 e. The zero-order valence-corrected chi connectivity index (χ0v) is 10.3. The van der Waals surface area contributed by atoms with Crippen molar-refractivity contribution in [2.75, 3.05) is 0 Å². The van der Waals surface area contributed by atoms with Crippen molar-refractivity contribution in [3.05, 3.63) is 57.2 Å². The molecular weight excluding hydrogens is 256 g/mol. The van der Waals surface area contributed by atoms with E-state index < -0.39 is 0 Å². The van der Waals surface area contributed by atoms with Crippen LogP contribution >= 0.6 is 22.9 Å². The van der Waals surface area contributed by atoms with E-state index >= 15 is 0 Å². The van der Waals surface area contributed by atoms with Gasteiger partial charge >= 0.3 is 0 Å². The number of nitrogens with zero attached hydrogens (tertiary/aromatic N) is 1. The van der Waals surface area contributed by atoms with Crippen molar-refractivity contribution in [3.63, 3.8) is 0 Å². The fourth-order valence-electron chi connectivity index (χ4n) is 1.21. The summed E-state index contributed by atoms with van der Waals surface area (Å²) >= 11 is 7.34. The molecule has 1 heterocycles. The summed E-state index contributed by atoms with van der Waals surface area (Å²) in [5, 5.41) is 6.33. The minimum absolute atomic E-state index is 0.277. The van der Waals surface area contributed by atoms with Crippen LogP contribution in [0.3, 0.4) is 0 Å². The number of amides is 1. The Balaban J connectivity index is 1.98. The van der Waals surface area contributed by atoms with Crippen LogP contribution < -0.4 is 5.43 Å². The summed E-state index contributed by atoms with van der Waals surface area (Å²) in [5.74, 6) is -0.277. The first-order valence-corrected chi connectivity index (χ1v) is 6.14.